The zero-order valence-electron chi connectivity index (χ0n) is 9.01. The highest BCUT2D eigenvalue weighted by Gasteiger charge is 2.36. The summed E-state index contributed by atoms with van der Waals surface area (Å²) in [7, 11) is 0. The third kappa shape index (κ3) is 1.58. The summed E-state index contributed by atoms with van der Waals surface area (Å²) >= 11 is 0. The van der Waals surface area contributed by atoms with Gasteiger partial charge in [0.05, 0.1) is 23.7 Å². The molecule has 2 aromatic rings. The van der Waals surface area contributed by atoms with Crippen LogP contribution in [-0.2, 0) is 4.79 Å². The lowest BCUT2D eigenvalue weighted by Gasteiger charge is -2.32. The van der Waals surface area contributed by atoms with E-state index in [-0.39, 0.29) is 17.8 Å². The van der Waals surface area contributed by atoms with E-state index in [9.17, 15) is 9.18 Å². The molecular weight excluding hydrogens is 223 g/mol. The van der Waals surface area contributed by atoms with E-state index in [1.165, 1.54) is 12.1 Å². The van der Waals surface area contributed by atoms with Gasteiger partial charge in [0.25, 0.3) is 0 Å². The summed E-state index contributed by atoms with van der Waals surface area (Å²) in [5.74, 6) is -1.29. The molecule has 0 radical (unpaired) electrons. The van der Waals surface area contributed by atoms with Crippen LogP contribution in [0.3, 0.4) is 0 Å². The van der Waals surface area contributed by atoms with Crippen molar-refractivity contribution in [2.75, 3.05) is 0 Å². The van der Waals surface area contributed by atoms with Crippen LogP contribution in [0.15, 0.2) is 24.4 Å². The molecule has 88 valence electrons. The van der Waals surface area contributed by atoms with Crippen molar-refractivity contribution in [2.24, 2.45) is 5.92 Å². The first kappa shape index (κ1) is 10.3. The Balaban J connectivity index is 1.90. The molecule has 1 N–H and O–H groups in total. The first-order valence-electron chi connectivity index (χ1n) is 5.51. The molecule has 1 saturated carbocycles. The molecule has 3 rings (SSSR count). The summed E-state index contributed by atoms with van der Waals surface area (Å²) < 4.78 is 14.8. The second-order valence-electron chi connectivity index (χ2n) is 4.45. The van der Waals surface area contributed by atoms with Crippen molar-refractivity contribution in [3.63, 3.8) is 0 Å². The molecule has 0 aliphatic heterocycles. The van der Waals surface area contributed by atoms with Crippen LogP contribution in [-0.4, -0.2) is 20.9 Å². The highest BCUT2D eigenvalue weighted by molar-refractivity contribution is 5.79. The maximum Gasteiger partial charge on any atom is 0.306 e. The number of fused-ring (bicyclic) bond motifs is 1. The number of carboxylic acids is 1. The number of aromatic nitrogens is 2. The number of halogens is 1. The summed E-state index contributed by atoms with van der Waals surface area (Å²) in [5.41, 5.74) is 0.861. The highest BCUT2D eigenvalue weighted by atomic mass is 19.1. The zero-order valence-corrected chi connectivity index (χ0v) is 9.01. The van der Waals surface area contributed by atoms with E-state index in [1.54, 1.807) is 16.9 Å². The van der Waals surface area contributed by atoms with Gasteiger partial charge in [-0.05, 0) is 31.0 Å². The Morgan fingerprint density at radius 2 is 2.24 bits per heavy atom. The third-order valence-corrected chi connectivity index (χ3v) is 3.37. The van der Waals surface area contributed by atoms with Crippen LogP contribution in [0.4, 0.5) is 4.39 Å². The summed E-state index contributed by atoms with van der Waals surface area (Å²) in [6, 6.07) is 4.64. The number of carboxylic acid groups (broad SMARTS) is 1. The van der Waals surface area contributed by atoms with Gasteiger partial charge in [-0.25, -0.2) is 4.39 Å². The van der Waals surface area contributed by atoms with Crippen molar-refractivity contribution in [3.8, 4) is 0 Å². The molecule has 4 nitrogen and oxygen atoms in total. The SMILES string of the molecule is O=C(O)[C@H]1C[C@H](n2ncc3cc(F)ccc32)C1. The molecular formula is C12H11FN2O2. The largest absolute Gasteiger partial charge is 0.481 e. The number of hydrogen-bond acceptors (Lipinski definition) is 2. The lowest BCUT2D eigenvalue weighted by Crippen LogP contribution is -2.32. The predicted octanol–water partition coefficient (Wildman–Crippen LogP) is 2.21. The third-order valence-electron chi connectivity index (χ3n) is 3.37. The van der Waals surface area contributed by atoms with E-state index >= 15 is 0 Å². The normalized spacial score (nSPS) is 23.6. The molecule has 0 atom stereocenters. The maximum atomic E-state index is 13.0. The number of aliphatic carboxylic acids is 1. The second-order valence-corrected chi connectivity index (χ2v) is 4.45. The van der Waals surface area contributed by atoms with Gasteiger partial charge in [0, 0.05) is 5.39 Å². The quantitative estimate of drug-likeness (QED) is 0.866. The molecule has 17 heavy (non-hydrogen) atoms. The molecule has 1 heterocycles. The minimum Gasteiger partial charge on any atom is -0.481 e. The Kier molecular flexibility index (Phi) is 2.14. The first-order chi connectivity index (χ1) is 8.15. The summed E-state index contributed by atoms with van der Waals surface area (Å²) in [4.78, 5) is 10.7. The van der Waals surface area contributed by atoms with Crippen molar-refractivity contribution >= 4 is 16.9 Å². The lowest BCUT2D eigenvalue weighted by molar-refractivity contribution is -0.146. The predicted molar refractivity (Wildman–Crippen MR) is 59.1 cm³/mol. The van der Waals surface area contributed by atoms with Gasteiger partial charge in [-0.3, -0.25) is 9.48 Å². The van der Waals surface area contributed by atoms with E-state index in [0.717, 1.165) is 10.9 Å². The standard InChI is InChI=1S/C12H11FN2O2/c13-9-1-2-11-8(3-9)6-14-15(11)10-4-7(5-10)12(16)17/h1-3,6-7,10H,4-5H2,(H,16,17)/t7-,10-. The van der Waals surface area contributed by atoms with Crippen molar-refractivity contribution in [1.82, 2.24) is 9.78 Å². The van der Waals surface area contributed by atoms with Gasteiger partial charge in [-0.15, -0.1) is 0 Å². The second kappa shape index (κ2) is 3.55. The van der Waals surface area contributed by atoms with Crippen LogP contribution >= 0.6 is 0 Å². The summed E-state index contributed by atoms with van der Waals surface area (Å²) in [6.07, 6.45) is 2.82. The lowest BCUT2D eigenvalue weighted by atomic mass is 9.80. The monoisotopic (exact) mass is 234 g/mol. The van der Waals surface area contributed by atoms with Gasteiger partial charge in [0.15, 0.2) is 0 Å². The van der Waals surface area contributed by atoms with Crippen LogP contribution in [0.5, 0.6) is 0 Å². The van der Waals surface area contributed by atoms with E-state index in [1.807, 2.05) is 0 Å². The van der Waals surface area contributed by atoms with Crippen molar-refractivity contribution in [2.45, 2.75) is 18.9 Å². The Bertz CT molecular complexity index is 587. The van der Waals surface area contributed by atoms with Crippen LogP contribution < -0.4 is 0 Å². The number of benzene rings is 1. The van der Waals surface area contributed by atoms with Crippen LogP contribution in [0.2, 0.25) is 0 Å². The van der Waals surface area contributed by atoms with Crippen molar-refractivity contribution in [1.29, 1.82) is 0 Å². The average Bonchev–Trinajstić information content (AvgIpc) is 2.58. The number of nitrogens with zero attached hydrogens (tertiary/aromatic N) is 2. The molecule has 1 aromatic carbocycles. The Hall–Kier alpha value is -1.91. The fraction of sp³-hybridized carbons (Fsp3) is 0.333. The van der Waals surface area contributed by atoms with Gasteiger partial charge in [0.1, 0.15) is 5.82 Å². The molecule has 1 aromatic heterocycles. The van der Waals surface area contributed by atoms with Gasteiger partial charge < -0.3 is 5.11 Å². The van der Waals surface area contributed by atoms with Gasteiger partial charge in [-0.2, -0.15) is 5.10 Å². The zero-order chi connectivity index (χ0) is 12.0. The molecule has 1 fully saturated rings. The first-order valence-corrected chi connectivity index (χ1v) is 5.51. The van der Waals surface area contributed by atoms with Gasteiger partial charge >= 0.3 is 5.97 Å². The van der Waals surface area contributed by atoms with E-state index < -0.39 is 5.97 Å². The molecule has 0 unspecified atom stereocenters. The maximum absolute atomic E-state index is 13.0. The molecule has 0 spiro atoms. The molecule has 5 heteroatoms. The number of carbonyl (C=O) groups is 1. The summed E-state index contributed by atoms with van der Waals surface area (Å²) in [5, 5.41) is 13.8. The highest BCUT2D eigenvalue weighted by Crippen LogP contribution is 2.39. The fourth-order valence-corrected chi connectivity index (χ4v) is 2.30. The molecule has 1 aliphatic rings. The molecule has 0 amide bonds. The fourth-order valence-electron chi connectivity index (χ4n) is 2.30. The van der Waals surface area contributed by atoms with E-state index in [0.29, 0.717) is 12.8 Å². The topological polar surface area (TPSA) is 55.1 Å². The number of rotatable bonds is 2. The minimum absolute atomic E-state index is 0.124. The molecule has 0 saturated heterocycles. The van der Waals surface area contributed by atoms with Gasteiger partial charge in [0.2, 0.25) is 0 Å². The van der Waals surface area contributed by atoms with E-state index in [2.05, 4.69) is 5.10 Å². The summed E-state index contributed by atoms with van der Waals surface area (Å²) in [6.45, 7) is 0. The Morgan fingerprint density at radius 3 is 2.94 bits per heavy atom. The average molecular weight is 234 g/mol. The molecule has 0 bridgehead atoms. The van der Waals surface area contributed by atoms with Crippen LogP contribution in [0, 0.1) is 11.7 Å². The minimum atomic E-state index is -0.747. The van der Waals surface area contributed by atoms with Crippen molar-refractivity contribution in [3.05, 3.63) is 30.2 Å². The smallest absolute Gasteiger partial charge is 0.306 e. The Morgan fingerprint density at radius 1 is 1.47 bits per heavy atom. The van der Waals surface area contributed by atoms with Gasteiger partial charge in [-0.1, -0.05) is 0 Å². The number of hydrogen-bond donors (Lipinski definition) is 1. The van der Waals surface area contributed by atoms with E-state index in [4.69, 9.17) is 5.11 Å². The molecule has 1 aliphatic carbocycles. The van der Waals surface area contributed by atoms with Crippen molar-refractivity contribution < 1.29 is 14.3 Å². The van der Waals surface area contributed by atoms with Crippen LogP contribution in [0.1, 0.15) is 18.9 Å². The Labute approximate surface area is 96.7 Å². The van der Waals surface area contributed by atoms with Crippen LogP contribution in [0.25, 0.3) is 10.9 Å².